The van der Waals surface area contributed by atoms with Crippen LogP contribution in [0.5, 0.6) is 5.88 Å². The van der Waals surface area contributed by atoms with E-state index in [2.05, 4.69) is 20.5 Å². The number of nitrogens with one attached hydrogen (secondary N) is 2. The van der Waals surface area contributed by atoms with Crippen molar-refractivity contribution in [1.29, 1.82) is 0 Å². The highest BCUT2D eigenvalue weighted by molar-refractivity contribution is 5.93. The van der Waals surface area contributed by atoms with Crippen LogP contribution in [0, 0.1) is 11.6 Å². The predicted molar refractivity (Wildman–Crippen MR) is 130 cm³/mol. The number of nitrogens with zero attached hydrogens (tertiary/aromatic N) is 2. The lowest BCUT2D eigenvalue weighted by Gasteiger charge is -2.21. The molecule has 2 N–H and O–H groups in total. The Hall–Kier alpha value is -3.56. The summed E-state index contributed by atoms with van der Waals surface area (Å²) in [7, 11) is 3.16. The number of benzene rings is 2. The Kier molecular flexibility index (Phi) is 7.89. The SMILES string of the molecule is COCCN1CC(NC(=O)Nc2ccc(OC)nc2-c2ccccc2)C(c2ccc(F)c(F)c2)C1. The van der Waals surface area contributed by atoms with Crippen molar-refractivity contribution in [1.82, 2.24) is 15.2 Å². The lowest BCUT2D eigenvalue weighted by atomic mass is 9.94. The van der Waals surface area contributed by atoms with Crippen molar-refractivity contribution in [2.75, 3.05) is 45.8 Å². The molecular formula is C26H28F2N4O3. The first-order chi connectivity index (χ1) is 17.0. The number of amides is 2. The lowest BCUT2D eigenvalue weighted by molar-refractivity contribution is 0.159. The van der Waals surface area contributed by atoms with Crippen LogP contribution < -0.4 is 15.4 Å². The molecule has 2 heterocycles. The average molecular weight is 483 g/mol. The molecule has 1 aliphatic rings. The maximum atomic E-state index is 14.0. The lowest BCUT2D eigenvalue weighted by Crippen LogP contribution is -2.42. The number of urea groups is 1. The van der Waals surface area contributed by atoms with Gasteiger partial charge in [-0.3, -0.25) is 4.90 Å². The number of hydrogen-bond acceptors (Lipinski definition) is 5. The summed E-state index contributed by atoms with van der Waals surface area (Å²) in [5.74, 6) is -1.59. The fraction of sp³-hybridized carbons (Fsp3) is 0.308. The molecule has 2 unspecified atom stereocenters. The summed E-state index contributed by atoms with van der Waals surface area (Å²) in [4.78, 5) is 19.7. The molecule has 0 spiro atoms. The van der Waals surface area contributed by atoms with E-state index in [1.54, 1.807) is 25.3 Å². The molecule has 0 radical (unpaired) electrons. The molecule has 35 heavy (non-hydrogen) atoms. The van der Waals surface area contributed by atoms with Gasteiger partial charge in [0.15, 0.2) is 11.6 Å². The fourth-order valence-electron chi connectivity index (χ4n) is 4.31. The van der Waals surface area contributed by atoms with Crippen molar-refractivity contribution in [3.63, 3.8) is 0 Å². The van der Waals surface area contributed by atoms with Gasteiger partial charge in [-0.15, -0.1) is 0 Å². The highest BCUT2D eigenvalue weighted by atomic mass is 19.2. The molecule has 1 aromatic heterocycles. The largest absolute Gasteiger partial charge is 0.481 e. The summed E-state index contributed by atoms with van der Waals surface area (Å²) in [6, 6.07) is 16.0. The number of pyridine rings is 1. The van der Waals surface area contributed by atoms with E-state index in [1.165, 1.54) is 13.2 Å². The van der Waals surface area contributed by atoms with Crippen molar-refractivity contribution in [2.24, 2.45) is 0 Å². The Morgan fingerprint density at radius 3 is 2.57 bits per heavy atom. The highest BCUT2D eigenvalue weighted by Gasteiger charge is 2.35. The molecule has 0 aliphatic carbocycles. The Labute approximate surface area is 203 Å². The summed E-state index contributed by atoms with van der Waals surface area (Å²) in [5.41, 5.74) is 2.55. The minimum absolute atomic E-state index is 0.213. The molecule has 1 saturated heterocycles. The monoisotopic (exact) mass is 482 g/mol. The molecule has 1 aliphatic heterocycles. The van der Waals surface area contributed by atoms with E-state index in [9.17, 15) is 13.6 Å². The topological polar surface area (TPSA) is 75.7 Å². The number of methoxy groups -OCH3 is 2. The van der Waals surface area contributed by atoms with Gasteiger partial charge in [0, 0.05) is 44.3 Å². The van der Waals surface area contributed by atoms with Crippen LogP contribution in [0.2, 0.25) is 0 Å². The number of carbonyl (C=O) groups is 1. The number of ether oxygens (including phenoxy) is 2. The van der Waals surface area contributed by atoms with Crippen LogP contribution in [0.15, 0.2) is 60.7 Å². The van der Waals surface area contributed by atoms with E-state index in [4.69, 9.17) is 9.47 Å². The minimum Gasteiger partial charge on any atom is -0.481 e. The van der Waals surface area contributed by atoms with Gasteiger partial charge in [0.25, 0.3) is 0 Å². The van der Waals surface area contributed by atoms with Crippen molar-refractivity contribution in [3.05, 3.63) is 77.9 Å². The zero-order chi connectivity index (χ0) is 24.8. The zero-order valence-electron chi connectivity index (χ0n) is 19.6. The molecule has 2 amide bonds. The normalized spacial score (nSPS) is 17.8. The van der Waals surface area contributed by atoms with Crippen LogP contribution in [0.25, 0.3) is 11.3 Å². The van der Waals surface area contributed by atoms with Crippen LogP contribution in [0.3, 0.4) is 0 Å². The van der Waals surface area contributed by atoms with Gasteiger partial charge < -0.3 is 20.1 Å². The molecule has 0 bridgehead atoms. The van der Waals surface area contributed by atoms with Gasteiger partial charge in [-0.25, -0.2) is 18.6 Å². The van der Waals surface area contributed by atoms with Crippen LogP contribution >= 0.6 is 0 Å². The van der Waals surface area contributed by atoms with Gasteiger partial charge in [0.2, 0.25) is 5.88 Å². The van der Waals surface area contributed by atoms with E-state index in [0.29, 0.717) is 49.1 Å². The third-order valence-corrected chi connectivity index (χ3v) is 6.07. The van der Waals surface area contributed by atoms with Crippen LogP contribution in [0.1, 0.15) is 11.5 Å². The van der Waals surface area contributed by atoms with E-state index in [1.807, 2.05) is 30.3 Å². The maximum Gasteiger partial charge on any atom is 0.319 e. The van der Waals surface area contributed by atoms with Gasteiger partial charge in [0.05, 0.1) is 31.1 Å². The Morgan fingerprint density at radius 2 is 1.86 bits per heavy atom. The van der Waals surface area contributed by atoms with Crippen molar-refractivity contribution in [2.45, 2.75) is 12.0 Å². The predicted octanol–water partition coefficient (Wildman–Crippen LogP) is 4.27. The van der Waals surface area contributed by atoms with Gasteiger partial charge in [-0.05, 0) is 23.8 Å². The smallest absolute Gasteiger partial charge is 0.319 e. The second-order valence-corrected chi connectivity index (χ2v) is 8.35. The number of carbonyl (C=O) groups excluding carboxylic acids is 1. The summed E-state index contributed by atoms with van der Waals surface area (Å²) < 4.78 is 37.9. The first kappa shape index (κ1) is 24.6. The zero-order valence-corrected chi connectivity index (χ0v) is 19.6. The highest BCUT2D eigenvalue weighted by Crippen LogP contribution is 2.30. The first-order valence-corrected chi connectivity index (χ1v) is 11.3. The first-order valence-electron chi connectivity index (χ1n) is 11.3. The third-order valence-electron chi connectivity index (χ3n) is 6.07. The second-order valence-electron chi connectivity index (χ2n) is 8.35. The van der Waals surface area contributed by atoms with E-state index in [-0.39, 0.29) is 12.0 Å². The summed E-state index contributed by atoms with van der Waals surface area (Å²) >= 11 is 0. The molecule has 3 aromatic rings. The van der Waals surface area contributed by atoms with Crippen molar-refractivity contribution >= 4 is 11.7 Å². The summed E-state index contributed by atoms with van der Waals surface area (Å²) in [6.07, 6.45) is 0. The molecule has 4 rings (SSSR count). The van der Waals surface area contributed by atoms with E-state index in [0.717, 1.165) is 11.6 Å². The molecule has 1 fully saturated rings. The van der Waals surface area contributed by atoms with Crippen LogP contribution in [-0.2, 0) is 4.74 Å². The number of halogens is 2. The molecule has 0 saturated carbocycles. The van der Waals surface area contributed by atoms with E-state index >= 15 is 0 Å². The van der Waals surface area contributed by atoms with Gasteiger partial charge in [0.1, 0.15) is 0 Å². The quantitative estimate of drug-likeness (QED) is 0.502. The van der Waals surface area contributed by atoms with Crippen molar-refractivity contribution in [3.8, 4) is 17.1 Å². The Balaban J connectivity index is 1.54. The van der Waals surface area contributed by atoms with Gasteiger partial charge >= 0.3 is 6.03 Å². The number of anilines is 1. The third kappa shape index (κ3) is 5.93. The van der Waals surface area contributed by atoms with Gasteiger partial charge in [-0.2, -0.15) is 0 Å². The Morgan fingerprint density at radius 1 is 1.06 bits per heavy atom. The summed E-state index contributed by atoms with van der Waals surface area (Å²) in [6.45, 7) is 2.32. The Bertz CT molecular complexity index is 1160. The number of hydrogen-bond donors (Lipinski definition) is 2. The minimum atomic E-state index is -0.905. The van der Waals surface area contributed by atoms with Crippen molar-refractivity contribution < 1.29 is 23.0 Å². The van der Waals surface area contributed by atoms with Gasteiger partial charge in [-0.1, -0.05) is 36.4 Å². The molecular weight excluding hydrogens is 454 g/mol. The molecule has 9 heteroatoms. The number of likely N-dealkylation sites (tertiary alicyclic amines) is 1. The molecule has 184 valence electrons. The molecule has 2 atom stereocenters. The molecule has 7 nitrogen and oxygen atoms in total. The van der Waals surface area contributed by atoms with Crippen LogP contribution in [-0.4, -0.2) is 62.4 Å². The molecule has 2 aromatic carbocycles. The number of rotatable bonds is 8. The van der Waals surface area contributed by atoms with E-state index < -0.39 is 17.7 Å². The summed E-state index contributed by atoms with van der Waals surface area (Å²) in [5, 5.41) is 5.91. The maximum absolute atomic E-state index is 14.0. The fourth-order valence-corrected chi connectivity index (χ4v) is 4.31. The number of aromatic nitrogens is 1. The second kappa shape index (κ2) is 11.2. The standard InChI is InChI=1S/C26H28F2N4O3/c1-34-13-12-32-15-19(18-8-9-20(27)21(28)14-18)23(16-32)30-26(33)29-22-10-11-24(35-2)31-25(22)17-6-4-3-5-7-17/h3-11,14,19,23H,12-13,15-16H2,1-2H3,(H2,29,30,33). The van der Waals surface area contributed by atoms with Crippen LogP contribution in [0.4, 0.5) is 19.3 Å². The average Bonchev–Trinajstić information content (AvgIpc) is 3.27.